The molecule has 2 aliphatic carbocycles. The van der Waals surface area contributed by atoms with Crippen molar-refractivity contribution < 1.29 is 13.9 Å². The van der Waals surface area contributed by atoms with E-state index < -0.39 is 0 Å². The third-order valence-corrected chi connectivity index (χ3v) is 7.69. The Hall–Kier alpha value is -2.10. The number of allylic oxidation sites excluding steroid dienone is 4. The summed E-state index contributed by atoms with van der Waals surface area (Å²) in [5.41, 5.74) is 3.36. The molecule has 0 radical (unpaired) electrons. The highest BCUT2D eigenvalue weighted by Gasteiger charge is 2.77. The molecule has 2 unspecified atom stereocenters. The van der Waals surface area contributed by atoms with E-state index in [1.807, 2.05) is 20.8 Å². The molecule has 1 aromatic heterocycles. The fourth-order valence-electron chi connectivity index (χ4n) is 5.95. The zero-order valence-electron chi connectivity index (χ0n) is 19.2. The number of ketones is 1. The lowest BCUT2D eigenvalue weighted by Crippen LogP contribution is -2.23. The topological polar surface area (TPSA) is 56.5 Å². The Bertz CT molecular complexity index is 979. The number of hydrogen-bond donors (Lipinski definition) is 0. The molecule has 1 fully saturated rings. The number of methoxy groups -OCH3 is 1. The van der Waals surface area contributed by atoms with Crippen molar-refractivity contribution in [1.82, 2.24) is 0 Å². The van der Waals surface area contributed by atoms with Crippen molar-refractivity contribution >= 4 is 5.78 Å². The Labute approximate surface area is 174 Å². The van der Waals surface area contributed by atoms with Crippen molar-refractivity contribution in [1.29, 1.82) is 0 Å². The predicted molar refractivity (Wildman–Crippen MR) is 115 cm³/mol. The smallest absolute Gasteiger partial charge is 0.291 e. The van der Waals surface area contributed by atoms with Crippen LogP contribution in [-0.2, 0) is 10.2 Å². The summed E-state index contributed by atoms with van der Waals surface area (Å²) >= 11 is 0. The SMILES string of the molecule is CCC(=O)C(C)/C=C(\C)[C@H]1C(C)=C[C@@]2(C)C1[C@]2(C)c1oc(OC)c(C)c(=O)c1C. The van der Waals surface area contributed by atoms with Gasteiger partial charge in [-0.2, -0.15) is 0 Å². The molecule has 0 aliphatic heterocycles. The van der Waals surface area contributed by atoms with Gasteiger partial charge in [-0.1, -0.05) is 51.0 Å². The van der Waals surface area contributed by atoms with Gasteiger partial charge >= 0.3 is 0 Å². The van der Waals surface area contributed by atoms with Crippen LogP contribution in [0.25, 0.3) is 0 Å². The number of fused-ring (bicyclic) bond motifs is 1. The number of Topliss-reactive ketones (excluding diaryl/α,β-unsaturated/α-hetero) is 1. The Morgan fingerprint density at radius 2 is 1.90 bits per heavy atom. The van der Waals surface area contributed by atoms with E-state index >= 15 is 0 Å². The van der Waals surface area contributed by atoms with Crippen molar-refractivity contribution in [3.8, 4) is 5.95 Å². The van der Waals surface area contributed by atoms with Gasteiger partial charge in [-0.25, -0.2) is 0 Å². The zero-order chi connectivity index (χ0) is 21.9. The van der Waals surface area contributed by atoms with Gasteiger partial charge in [-0.15, -0.1) is 0 Å². The third kappa shape index (κ3) is 2.86. The number of carbonyl (C=O) groups excluding carboxylic acids is 1. The largest absolute Gasteiger partial charge is 0.468 e. The fraction of sp³-hybridized carbons (Fsp3) is 0.600. The van der Waals surface area contributed by atoms with Gasteiger partial charge in [0.25, 0.3) is 5.95 Å². The minimum atomic E-state index is -0.283. The first kappa shape index (κ1) is 21.6. The molecule has 0 spiro atoms. The standard InChI is InChI=1S/C25H34O4/c1-10-18(26)13(2)11-14(3)19-15(4)12-24(7)21(19)25(24,8)22-16(5)20(27)17(6)23(28-9)29-22/h11-13,19,21H,10H2,1-9H3/b14-11+/t13?,19-,21?,24-,25+/m0/s1. The van der Waals surface area contributed by atoms with Crippen LogP contribution in [-0.4, -0.2) is 12.9 Å². The molecule has 158 valence electrons. The predicted octanol–water partition coefficient (Wildman–Crippen LogP) is 5.30. The Morgan fingerprint density at radius 3 is 2.45 bits per heavy atom. The van der Waals surface area contributed by atoms with E-state index in [1.54, 1.807) is 6.92 Å². The molecule has 1 heterocycles. The molecular weight excluding hydrogens is 364 g/mol. The molecule has 4 heteroatoms. The van der Waals surface area contributed by atoms with Gasteiger partial charge in [0.05, 0.1) is 12.7 Å². The second kappa shape index (κ2) is 7.00. The first-order chi connectivity index (χ1) is 13.4. The van der Waals surface area contributed by atoms with Crippen LogP contribution in [0.15, 0.2) is 32.5 Å². The summed E-state index contributed by atoms with van der Waals surface area (Å²) < 4.78 is 11.5. The highest BCUT2D eigenvalue weighted by atomic mass is 16.6. The number of rotatable bonds is 6. The van der Waals surface area contributed by atoms with Crippen LogP contribution in [0, 0.1) is 37.0 Å². The number of hydrogen-bond acceptors (Lipinski definition) is 4. The van der Waals surface area contributed by atoms with Crippen molar-refractivity contribution in [2.24, 2.45) is 23.2 Å². The van der Waals surface area contributed by atoms with E-state index in [0.717, 1.165) is 5.76 Å². The molecule has 2 aliphatic rings. The van der Waals surface area contributed by atoms with Crippen molar-refractivity contribution in [2.45, 2.75) is 67.2 Å². The van der Waals surface area contributed by atoms with Crippen LogP contribution in [0.3, 0.4) is 0 Å². The van der Waals surface area contributed by atoms with Crippen molar-refractivity contribution in [2.75, 3.05) is 7.11 Å². The van der Waals surface area contributed by atoms with Crippen molar-refractivity contribution in [3.63, 3.8) is 0 Å². The van der Waals surface area contributed by atoms with Gasteiger partial charge in [-0.05, 0) is 33.6 Å². The van der Waals surface area contributed by atoms with Gasteiger partial charge < -0.3 is 9.15 Å². The highest BCUT2D eigenvalue weighted by Crippen LogP contribution is 2.78. The lowest BCUT2D eigenvalue weighted by atomic mass is 9.81. The molecular formula is C25H34O4. The molecule has 0 N–H and O–H groups in total. The molecule has 3 rings (SSSR count). The fourth-order valence-corrected chi connectivity index (χ4v) is 5.95. The average molecular weight is 399 g/mol. The van der Waals surface area contributed by atoms with Gasteiger partial charge in [0.15, 0.2) is 5.43 Å². The maximum absolute atomic E-state index is 12.8. The molecule has 29 heavy (non-hydrogen) atoms. The van der Waals surface area contributed by atoms with Crippen LogP contribution >= 0.6 is 0 Å². The molecule has 0 saturated heterocycles. The normalized spacial score (nSPS) is 31.9. The minimum Gasteiger partial charge on any atom is -0.468 e. The van der Waals surface area contributed by atoms with Gasteiger partial charge in [0.1, 0.15) is 11.5 Å². The molecule has 0 aromatic carbocycles. The Morgan fingerprint density at radius 1 is 1.28 bits per heavy atom. The van der Waals surface area contributed by atoms with Crippen LogP contribution in [0.5, 0.6) is 5.95 Å². The second-order valence-electron chi connectivity index (χ2n) is 9.35. The molecule has 0 amide bonds. The van der Waals surface area contributed by atoms with E-state index in [2.05, 4.69) is 39.8 Å². The van der Waals surface area contributed by atoms with Gasteiger partial charge in [0.2, 0.25) is 0 Å². The maximum atomic E-state index is 12.8. The van der Waals surface area contributed by atoms with Gasteiger partial charge in [-0.3, -0.25) is 9.59 Å². The molecule has 4 nitrogen and oxygen atoms in total. The molecule has 1 saturated carbocycles. The van der Waals surface area contributed by atoms with Crippen LogP contribution in [0.2, 0.25) is 0 Å². The van der Waals surface area contributed by atoms with Crippen LogP contribution in [0.1, 0.15) is 64.9 Å². The van der Waals surface area contributed by atoms with E-state index in [0.29, 0.717) is 29.4 Å². The summed E-state index contributed by atoms with van der Waals surface area (Å²) in [6, 6.07) is 0. The third-order valence-electron chi connectivity index (χ3n) is 7.69. The quantitative estimate of drug-likeness (QED) is 0.611. The first-order valence-electron chi connectivity index (χ1n) is 10.5. The highest BCUT2D eigenvalue weighted by molar-refractivity contribution is 5.82. The first-order valence-corrected chi connectivity index (χ1v) is 10.5. The lowest BCUT2D eigenvalue weighted by Gasteiger charge is -2.24. The second-order valence-corrected chi connectivity index (χ2v) is 9.35. The Balaban J connectivity index is 2.08. The van der Waals surface area contributed by atoms with E-state index in [-0.39, 0.29) is 33.9 Å². The number of carbonyl (C=O) groups is 1. The molecule has 0 bridgehead atoms. The summed E-state index contributed by atoms with van der Waals surface area (Å²) in [6.45, 7) is 16.2. The van der Waals surface area contributed by atoms with E-state index in [4.69, 9.17) is 9.15 Å². The maximum Gasteiger partial charge on any atom is 0.291 e. The Kier molecular flexibility index (Phi) is 5.21. The minimum absolute atomic E-state index is 0.00965. The van der Waals surface area contributed by atoms with Crippen molar-refractivity contribution in [3.05, 3.63) is 50.4 Å². The monoisotopic (exact) mass is 398 g/mol. The van der Waals surface area contributed by atoms with Crippen LogP contribution < -0.4 is 10.2 Å². The zero-order valence-corrected chi connectivity index (χ0v) is 19.2. The lowest BCUT2D eigenvalue weighted by molar-refractivity contribution is -0.120. The van der Waals surface area contributed by atoms with Crippen LogP contribution in [0.4, 0.5) is 0 Å². The molecule has 5 atom stereocenters. The van der Waals surface area contributed by atoms with Gasteiger partial charge in [0, 0.05) is 34.7 Å². The summed E-state index contributed by atoms with van der Waals surface area (Å²) in [4.78, 5) is 24.9. The average Bonchev–Trinajstić information content (AvgIpc) is 2.98. The summed E-state index contributed by atoms with van der Waals surface area (Å²) in [7, 11) is 1.54. The van der Waals surface area contributed by atoms with E-state index in [1.165, 1.54) is 18.3 Å². The summed E-state index contributed by atoms with van der Waals surface area (Å²) in [5, 5.41) is 0. The summed E-state index contributed by atoms with van der Waals surface area (Å²) in [5.74, 6) is 1.76. The molecule has 1 aromatic rings. The van der Waals surface area contributed by atoms with E-state index in [9.17, 15) is 9.59 Å². The summed E-state index contributed by atoms with van der Waals surface area (Å²) in [6.07, 6.45) is 5.02. The number of ether oxygens (including phenoxy) is 1.